The number of benzene rings is 2. The van der Waals surface area contributed by atoms with Crippen LogP contribution in [0.3, 0.4) is 0 Å². The molecule has 1 aliphatic carbocycles. The van der Waals surface area contributed by atoms with Crippen LogP contribution in [0, 0.1) is 5.82 Å². The summed E-state index contributed by atoms with van der Waals surface area (Å²) in [4.78, 5) is 21.0. The van der Waals surface area contributed by atoms with Gasteiger partial charge in [-0.1, -0.05) is 42.5 Å². The second-order valence-corrected chi connectivity index (χ2v) is 8.45. The minimum Gasteiger partial charge on any atom is -0.481 e. The lowest BCUT2D eigenvalue weighted by Gasteiger charge is -2.26. The van der Waals surface area contributed by atoms with Gasteiger partial charge in [0.05, 0.1) is 11.6 Å². The van der Waals surface area contributed by atoms with Gasteiger partial charge in [-0.25, -0.2) is 9.97 Å². The smallest absolute Gasteiger partial charge is 0.416 e. The third-order valence-corrected chi connectivity index (χ3v) is 5.82. The number of nitrogens with zero attached hydrogens (tertiary/aromatic N) is 3. The van der Waals surface area contributed by atoms with Gasteiger partial charge < -0.3 is 15.3 Å². The number of carboxylic acid groups (broad SMARTS) is 1. The van der Waals surface area contributed by atoms with E-state index in [0.717, 1.165) is 30.5 Å². The maximum atomic E-state index is 15.6. The lowest BCUT2D eigenvalue weighted by atomic mass is 10.0. The number of rotatable bonds is 10. The Hall–Kier alpha value is -3.69. The van der Waals surface area contributed by atoms with Gasteiger partial charge in [0, 0.05) is 19.0 Å². The van der Waals surface area contributed by atoms with E-state index in [2.05, 4.69) is 15.3 Å². The standard InChI is InChI=1S/C25H24F4N4O2/c26-22-23(32-20(12-13-21(34)35)17-4-2-1-3-5-17)30-15-31-24(22)33(19-10-11-19)14-16-6-8-18(9-7-16)25(27,28)29/h1-9,15,19-20H,10-14H2,(H,34,35)(H,30,31,32)/t20-/m0/s1. The highest BCUT2D eigenvalue weighted by Gasteiger charge is 2.34. The number of nitrogens with one attached hydrogen (secondary N) is 1. The molecule has 1 atom stereocenters. The Morgan fingerprint density at radius 1 is 1.09 bits per heavy atom. The maximum Gasteiger partial charge on any atom is 0.416 e. The average Bonchev–Trinajstić information content (AvgIpc) is 3.67. The van der Waals surface area contributed by atoms with Crippen molar-refractivity contribution in [3.05, 3.63) is 83.4 Å². The zero-order chi connectivity index (χ0) is 25.0. The Balaban J connectivity index is 1.58. The Morgan fingerprint density at radius 3 is 2.37 bits per heavy atom. The van der Waals surface area contributed by atoms with Gasteiger partial charge in [0.15, 0.2) is 11.6 Å². The van der Waals surface area contributed by atoms with Gasteiger partial charge in [-0.3, -0.25) is 4.79 Å². The first-order valence-corrected chi connectivity index (χ1v) is 11.2. The Labute approximate surface area is 199 Å². The number of aliphatic carboxylic acids is 1. The fraction of sp³-hybridized carbons (Fsp3) is 0.320. The first-order chi connectivity index (χ1) is 16.7. The molecule has 0 bridgehead atoms. The predicted octanol–water partition coefficient (Wildman–Crippen LogP) is 5.82. The van der Waals surface area contributed by atoms with Gasteiger partial charge in [0.2, 0.25) is 5.82 Å². The van der Waals surface area contributed by atoms with Crippen LogP contribution in [-0.4, -0.2) is 27.1 Å². The van der Waals surface area contributed by atoms with Crippen LogP contribution in [0.5, 0.6) is 0 Å². The van der Waals surface area contributed by atoms with Crippen LogP contribution >= 0.6 is 0 Å². The van der Waals surface area contributed by atoms with Crippen molar-refractivity contribution in [2.75, 3.05) is 10.2 Å². The summed E-state index contributed by atoms with van der Waals surface area (Å²) in [5.74, 6) is -1.67. The predicted molar refractivity (Wildman–Crippen MR) is 122 cm³/mol. The van der Waals surface area contributed by atoms with Crippen molar-refractivity contribution in [1.82, 2.24) is 9.97 Å². The molecule has 0 spiro atoms. The summed E-state index contributed by atoms with van der Waals surface area (Å²) < 4.78 is 54.3. The molecule has 0 saturated heterocycles. The molecule has 1 fully saturated rings. The van der Waals surface area contributed by atoms with Crippen LogP contribution in [-0.2, 0) is 17.5 Å². The fourth-order valence-corrected chi connectivity index (χ4v) is 3.86. The van der Waals surface area contributed by atoms with Gasteiger partial charge in [0.25, 0.3) is 0 Å². The van der Waals surface area contributed by atoms with Crippen molar-refractivity contribution in [1.29, 1.82) is 0 Å². The maximum absolute atomic E-state index is 15.6. The van der Waals surface area contributed by atoms with Gasteiger partial charge in [-0.05, 0) is 42.5 Å². The van der Waals surface area contributed by atoms with Crippen LogP contribution in [0.4, 0.5) is 29.2 Å². The summed E-state index contributed by atoms with van der Waals surface area (Å²) >= 11 is 0. The van der Waals surface area contributed by atoms with E-state index in [1.165, 1.54) is 18.5 Å². The van der Waals surface area contributed by atoms with E-state index in [0.29, 0.717) is 5.56 Å². The lowest BCUT2D eigenvalue weighted by molar-refractivity contribution is -0.138. The van der Waals surface area contributed by atoms with Gasteiger partial charge in [0.1, 0.15) is 6.33 Å². The van der Waals surface area contributed by atoms with Crippen molar-refractivity contribution < 1.29 is 27.5 Å². The Morgan fingerprint density at radius 2 is 1.77 bits per heavy atom. The summed E-state index contributed by atoms with van der Waals surface area (Å²) in [6.07, 6.45) is -1.47. The molecule has 184 valence electrons. The minimum atomic E-state index is -4.43. The lowest BCUT2D eigenvalue weighted by Crippen LogP contribution is -2.28. The van der Waals surface area contributed by atoms with Crippen LogP contribution < -0.4 is 10.2 Å². The number of hydrogen-bond donors (Lipinski definition) is 2. The number of hydrogen-bond acceptors (Lipinski definition) is 5. The molecule has 0 aliphatic heterocycles. The summed E-state index contributed by atoms with van der Waals surface area (Å²) in [5.41, 5.74) is 0.644. The van der Waals surface area contributed by atoms with Crippen molar-refractivity contribution in [3.8, 4) is 0 Å². The van der Waals surface area contributed by atoms with Crippen molar-refractivity contribution in [2.24, 2.45) is 0 Å². The van der Waals surface area contributed by atoms with E-state index >= 15 is 4.39 Å². The quantitative estimate of drug-likeness (QED) is 0.350. The third kappa shape index (κ3) is 6.26. The summed E-state index contributed by atoms with van der Waals surface area (Å²) in [6, 6.07) is 13.4. The second kappa shape index (κ2) is 10.3. The van der Waals surface area contributed by atoms with E-state index in [9.17, 15) is 18.0 Å². The molecule has 1 saturated carbocycles. The number of aromatic nitrogens is 2. The molecule has 2 N–H and O–H groups in total. The number of carbonyl (C=O) groups is 1. The molecular formula is C25H24F4N4O2. The molecule has 35 heavy (non-hydrogen) atoms. The monoisotopic (exact) mass is 488 g/mol. The van der Waals surface area contributed by atoms with E-state index in [-0.39, 0.29) is 37.1 Å². The number of carboxylic acids is 1. The first kappa shape index (κ1) is 24.4. The zero-order valence-corrected chi connectivity index (χ0v) is 18.7. The van der Waals surface area contributed by atoms with Crippen LogP contribution in [0.1, 0.15) is 48.4 Å². The molecule has 4 rings (SSSR count). The van der Waals surface area contributed by atoms with E-state index in [1.807, 2.05) is 30.3 Å². The van der Waals surface area contributed by atoms with Gasteiger partial charge >= 0.3 is 12.1 Å². The normalized spacial score (nSPS) is 14.4. The highest BCUT2D eigenvalue weighted by molar-refractivity contribution is 5.67. The zero-order valence-electron chi connectivity index (χ0n) is 18.7. The Kier molecular flexibility index (Phi) is 7.18. The molecular weight excluding hydrogens is 464 g/mol. The van der Waals surface area contributed by atoms with Crippen molar-refractivity contribution >= 4 is 17.6 Å². The molecule has 1 aliphatic rings. The highest BCUT2D eigenvalue weighted by Crippen LogP contribution is 2.36. The molecule has 0 unspecified atom stereocenters. The molecule has 1 heterocycles. The van der Waals surface area contributed by atoms with Gasteiger partial charge in [-0.15, -0.1) is 0 Å². The topological polar surface area (TPSA) is 78.3 Å². The molecule has 0 radical (unpaired) electrons. The molecule has 2 aromatic carbocycles. The second-order valence-electron chi connectivity index (χ2n) is 8.45. The summed E-state index contributed by atoms with van der Waals surface area (Å²) in [5, 5.41) is 12.1. The molecule has 3 aromatic rings. The summed E-state index contributed by atoms with van der Waals surface area (Å²) in [6.45, 7) is 0.192. The minimum absolute atomic E-state index is 0.0199. The third-order valence-electron chi connectivity index (χ3n) is 5.82. The number of anilines is 2. The largest absolute Gasteiger partial charge is 0.481 e. The SMILES string of the molecule is O=C(O)CC[C@H](Nc1ncnc(N(Cc2ccc(C(F)(F)F)cc2)C2CC2)c1F)c1ccccc1. The van der Waals surface area contributed by atoms with Crippen LogP contribution in [0.15, 0.2) is 60.9 Å². The number of halogens is 4. The first-order valence-electron chi connectivity index (χ1n) is 11.2. The Bertz CT molecular complexity index is 1150. The van der Waals surface area contributed by atoms with E-state index < -0.39 is 29.6 Å². The highest BCUT2D eigenvalue weighted by atomic mass is 19.4. The van der Waals surface area contributed by atoms with E-state index in [1.54, 1.807) is 4.90 Å². The molecule has 6 nitrogen and oxygen atoms in total. The van der Waals surface area contributed by atoms with Crippen molar-refractivity contribution in [3.63, 3.8) is 0 Å². The van der Waals surface area contributed by atoms with Crippen molar-refractivity contribution in [2.45, 2.75) is 50.5 Å². The molecule has 10 heteroatoms. The number of alkyl halides is 3. The fourth-order valence-electron chi connectivity index (χ4n) is 3.86. The average molecular weight is 488 g/mol. The molecule has 0 amide bonds. The van der Waals surface area contributed by atoms with Gasteiger partial charge in [-0.2, -0.15) is 17.6 Å². The van der Waals surface area contributed by atoms with Crippen LogP contribution in [0.2, 0.25) is 0 Å². The van der Waals surface area contributed by atoms with E-state index in [4.69, 9.17) is 5.11 Å². The summed E-state index contributed by atoms with van der Waals surface area (Å²) in [7, 11) is 0. The molecule has 1 aromatic heterocycles. The van der Waals surface area contributed by atoms with Crippen LogP contribution in [0.25, 0.3) is 0 Å².